The maximum absolute atomic E-state index is 12.1. The number of nitrogens with zero attached hydrogens (tertiary/aromatic N) is 1. The molecule has 45 heavy (non-hydrogen) atoms. The Balaban J connectivity index is 0.000000335. The van der Waals surface area contributed by atoms with Crippen LogP contribution in [0.2, 0.25) is 0 Å². The van der Waals surface area contributed by atoms with Crippen LogP contribution < -0.4 is 5.32 Å². The van der Waals surface area contributed by atoms with Gasteiger partial charge in [-0.15, -0.1) is 0 Å². The molecule has 6 nitrogen and oxygen atoms in total. The van der Waals surface area contributed by atoms with Gasteiger partial charge in [0.15, 0.2) is 0 Å². The van der Waals surface area contributed by atoms with Crippen molar-refractivity contribution in [2.24, 2.45) is 0 Å². The molecule has 246 valence electrons. The van der Waals surface area contributed by atoms with Gasteiger partial charge in [0, 0.05) is 31.3 Å². The average molecular weight is 617 g/mol. The van der Waals surface area contributed by atoms with Gasteiger partial charge in [0.05, 0.1) is 12.7 Å². The van der Waals surface area contributed by atoms with Crippen molar-refractivity contribution in [3.63, 3.8) is 0 Å². The fourth-order valence-electron chi connectivity index (χ4n) is 4.60. The zero-order chi connectivity index (χ0) is 33.1. The van der Waals surface area contributed by atoms with E-state index < -0.39 is 0 Å². The molecule has 0 unspecified atom stereocenters. The zero-order valence-corrected chi connectivity index (χ0v) is 28.4. The first kappa shape index (κ1) is 39.1. The number of benzene rings is 3. The van der Waals surface area contributed by atoms with Crippen LogP contribution in [-0.4, -0.2) is 49.9 Å². The van der Waals surface area contributed by atoms with Gasteiger partial charge in [-0.25, -0.2) is 4.79 Å². The Morgan fingerprint density at radius 2 is 1.09 bits per heavy atom. The number of methoxy groups -OCH3 is 1. The highest BCUT2D eigenvalue weighted by Crippen LogP contribution is 2.23. The van der Waals surface area contributed by atoms with Gasteiger partial charge in [0.25, 0.3) is 11.8 Å². The van der Waals surface area contributed by atoms with Crippen LogP contribution in [0.5, 0.6) is 0 Å². The van der Waals surface area contributed by atoms with Gasteiger partial charge in [-0.05, 0) is 82.7 Å². The van der Waals surface area contributed by atoms with Gasteiger partial charge in [-0.1, -0.05) is 99.2 Å². The predicted molar refractivity (Wildman–Crippen MR) is 187 cm³/mol. The van der Waals surface area contributed by atoms with E-state index in [9.17, 15) is 14.4 Å². The summed E-state index contributed by atoms with van der Waals surface area (Å²) in [5.74, 6) is 0.389. The van der Waals surface area contributed by atoms with E-state index in [1.54, 1.807) is 19.2 Å². The molecule has 3 aromatic carbocycles. The number of ether oxygens (including phenoxy) is 1. The molecule has 0 bridgehead atoms. The largest absolute Gasteiger partial charge is 0.465 e. The molecule has 3 aromatic rings. The van der Waals surface area contributed by atoms with Crippen LogP contribution >= 0.6 is 0 Å². The number of likely N-dealkylation sites (tertiary alicyclic amines) is 1. The summed E-state index contributed by atoms with van der Waals surface area (Å²) >= 11 is 0. The topological polar surface area (TPSA) is 75.7 Å². The normalized spacial score (nSPS) is 12.6. The lowest BCUT2D eigenvalue weighted by molar-refractivity contribution is 0.0600. The molecule has 6 heteroatoms. The van der Waals surface area contributed by atoms with Crippen molar-refractivity contribution in [1.82, 2.24) is 10.2 Å². The Bertz CT molecular complexity index is 1270. The SMILES string of the molecule is C.CC(C)c1ccc(C(=O)N2CCCC2)cc1.CNC(=O)c1ccc(C(C)(C)C)cc1.COC(=O)c1ccc(C(C)(C)C)cc1. The first-order chi connectivity index (χ1) is 20.6. The third-order valence-corrected chi connectivity index (χ3v) is 7.63. The molecule has 0 radical (unpaired) electrons. The Kier molecular flexibility index (Phi) is 15.2. The van der Waals surface area contributed by atoms with Crippen LogP contribution in [0, 0.1) is 0 Å². The van der Waals surface area contributed by atoms with Crippen molar-refractivity contribution in [3.05, 3.63) is 106 Å². The highest BCUT2D eigenvalue weighted by Gasteiger charge is 2.19. The molecule has 0 saturated carbocycles. The average Bonchev–Trinajstić information content (AvgIpc) is 3.55. The number of nitrogens with one attached hydrogen (secondary N) is 1. The van der Waals surface area contributed by atoms with E-state index in [1.807, 2.05) is 53.4 Å². The van der Waals surface area contributed by atoms with E-state index in [0.29, 0.717) is 17.0 Å². The van der Waals surface area contributed by atoms with Crippen LogP contribution in [0.3, 0.4) is 0 Å². The van der Waals surface area contributed by atoms with Crippen LogP contribution in [0.15, 0.2) is 72.8 Å². The lowest BCUT2D eigenvalue weighted by Crippen LogP contribution is -2.27. The minimum Gasteiger partial charge on any atom is -0.465 e. The molecule has 1 N–H and O–H groups in total. The van der Waals surface area contributed by atoms with E-state index >= 15 is 0 Å². The summed E-state index contributed by atoms with van der Waals surface area (Å²) in [6.45, 7) is 19.1. The van der Waals surface area contributed by atoms with Crippen LogP contribution in [0.25, 0.3) is 0 Å². The molecule has 0 aromatic heterocycles. The fourth-order valence-corrected chi connectivity index (χ4v) is 4.60. The third kappa shape index (κ3) is 12.2. The molecule has 0 atom stereocenters. The molecule has 1 saturated heterocycles. The van der Waals surface area contributed by atoms with Crippen LogP contribution in [-0.2, 0) is 15.6 Å². The van der Waals surface area contributed by atoms with Crippen molar-refractivity contribution in [2.45, 2.75) is 92.4 Å². The van der Waals surface area contributed by atoms with E-state index in [2.05, 4.69) is 77.6 Å². The van der Waals surface area contributed by atoms with Crippen LogP contribution in [0.4, 0.5) is 0 Å². The Hall–Kier alpha value is -3.93. The Morgan fingerprint density at radius 1 is 0.689 bits per heavy atom. The molecule has 0 spiro atoms. The smallest absolute Gasteiger partial charge is 0.337 e. The van der Waals surface area contributed by atoms with Gasteiger partial charge in [0.1, 0.15) is 0 Å². The molecular formula is C39H56N2O4. The summed E-state index contributed by atoms with van der Waals surface area (Å²) in [4.78, 5) is 36.4. The summed E-state index contributed by atoms with van der Waals surface area (Å²) in [6, 6.07) is 23.3. The van der Waals surface area contributed by atoms with Crippen molar-refractivity contribution < 1.29 is 19.1 Å². The Morgan fingerprint density at radius 3 is 1.44 bits per heavy atom. The number of hydrogen-bond acceptors (Lipinski definition) is 4. The first-order valence-electron chi connectivity index (χ1n) is 15.5. The summed E-state index contributed by atoms with van der Waals surface area (Å²) in [7, 11) is 3.03. The molecular weight excluding hydrogens is 560 g/mol. The predicted octanol–water partition coefficient (Wildman–Crippen LogP) is 8.80. The van der Waals surface area contributed by atoms with Crippen molar-refractivity contribution >= 4 is 17.8 Å². The second-order valence-electron chi connectivity index (χ2n) is 13.5. The number of esters is 1. The lowest BCUT2D eigenvalue weighted by Gasteiger charge is -2.18. The standard InChI is InChI=1S/C14H19NO.C12H17NO.C12H16O2.CH4/c1-11(2)12-5-7-13(8-6-12)14(16)15-9-3-4-10-15;1-12(2,3)10-7-5-9(6-8-10)11(14)13-4;1-12(2,3)10-7-5-9(6-8-10)11(13)14-4;/h5-8,11H,3-4,9-10H2,1-2H3;5-8H,1-4H3,(H,13,14);5-8H,1-4H3;1H4. The molecule has 4 rings (SSSR count). The molecule has 1 aliphatic rings. The molecule has 1 fully saturated rings. The van der Waals surface area contributed by atoms with Crippen molar-refractivity contribution in [1.29, 1.82) is 0 Å². The molecule has 1 aliphatic heterocycles. The van der Waals surface area contributed by atoms with E-state index in [1.165, 1.54) is 23.8 Å². The highest BCUT2D eigenvalue weighted by molar-refractivity contribution is 5.94. The highest BCUT2D eigenvalue weighted by atomic mass is 16.5. The second kappa shape index (κ2) is 17.5. The van der Waals surface area contributed by atoms with Crippen molar-refractivity contribution in [3.8, 4) is 0 Å². The van der Waals surface area contributed by atoms with E-state index in [-0.39, 0.29) is 36.0 Å². The summed E-state index contributed by atoms with van der Waals surface area (Å²) in [5, 5.41) is 2.60. The van der Waals surface area contributed by atoms with Crippen LogP contribution in [0.1, 0.15) is 129 Å². The summed E-state index contributed by atoms with van der Waals surface area (Å²) < 4.78 is 4.62. The summed E-state index contributed by atoms with van der Waals surface area (Å²) in [6.07, 6.45) is 2.30. The van der Waals surface area contributed by atoms with E-state index in [4.69, 9.17) is 0 Å². The van der Waals surface area contributed by atoms with Gasteiger partial charge < -0.3 is 15.0 Å². The third-order valence-electron chi connectivity index (χ3n) is 7.63. The van der Waals surface area contributed by atoms with Gasteiger partial charge in [0.2, 0.25) is 0 Å². The molecule has 0 aliphatic carbocycles. The van der Waals surface area contributed by atoms with Gasteiger partial charge in [-0.3, -0.25) is 9.59 Å². The lowest BCUT2D eigenvalue weighted by atomic mass is 9.87. The fraction of sp³-hybridized carbons (Fsp3) is 0.462. The first-order valence-corrected chi connectivity index (χ1v) is 15.5. The maximum Gasteiger partial charge on any atom is 0.337 e. The quantitative estimate of drug-likeness (QED) is 0.297. The number of hydrogen-bond donors (Lipinski definition) is 1. The number of carbonyl (C=O) groups excluding carboxylic acids is 3. The minimum atomic E-state index is -0.287. The van der Waals surface area contributed by atoms with Gasteiger partial charge >= 0.3 is 5.97 Å². The van der Waals surface area contributed by atoms with E-state index in [0.717, 1.165) is 31.5 Å². The monoisotopic (exact) mass is 616 g/mol. The molecule has 2 amide bonds. The number of carbonyl (C=O) groups is 3. The number of amides is 2. The minimum absolute atomic E-state index is 0. The second-order valence-corrected chi connectivity index (χ2v) is 13.5. The zero-order valence-electron chi connectivity index (χ0n) is 28.4. The molecule has 1 heterocycles. The Labute approximate surface area is 272 Å². The summed E-state index contributed by atoms with van der Waals surface area (Å²) in [5.41, 5.74) is 6.14. The van der Waals surface area contributed by atoms with Gasteiger partial charge in [-0.2, -0.15) is 0 Å². The number of rotatable bonds is 4. The van der Waals surface area contributed by atoms with Crippen molar-refractivity contribution in [2.75, 3.05) is 27.2 Å². The maximum atomic E-state index is 12.1.